The van der Waals surface area contributed by atoms with Gasteiger partial charge in [0.2, 0.25) is 0 Å². The van der Waals surface area contributed by atoms with Crippen molar-refractivity contribution >= 4 is 16.6 Å². The van der Waals surface area contributed by atoms with Crippen LogP contribution in [0.4, 0.5) is 0 Å². The average Bonchev–Trinajstić information content (AvgIpc) is 2.02. The van der Waals surface area contributed by atoms with Gasteiger partial charge in [0.1, 0.15) is 15.9 Å². The van der Waals surface area contributed by atoms with Crippen LogP contribution in [-0.4, -0.2) is 19.4 Å². The van der Waals surface area contributed by atoms with Crippen LogP contribution < -0.4 is 34.3 Å². The minimum atomic E-state index is -4.46. The van der Waals surface area contributed by atoms with Gasteiger partial charge < -0.3 is 9.29 Å². The van der Waals surface area contributed by atoms with Crippen LogP contribution in [0.3, 0.4) is 0 Å². The molecular formula is C8H7NaO5S. The Hall–Kier alpha value is -0.400. The van der Waals surface area contributed by atoms with E-state index in [1.807, 2.05) is 0 Å². The van der Waals surface area contributed by atoms with Gasteiger partial charge in [-0.05, 0) is 30.7 Å². The molecule has 15 heavy (non-hydrogen) atoms. The Morgan fingerprint density at radius 1 is 1.40 bits per heavy atom. The number of hydrogen-bond donors (Lipinski definition) is 0. The zero-order valence-electron chi connectivity index (χ0n) is 8.26. The first-order valence-electron chi connectivity index (χ1n) is 3.62. The van der Waals surface area contributed by atoms with E-state index in [2.05, 4.69) is 4.74 Å². The average molecular weight is 238 g/mol. The van der Waals surface area contributed by atoms with Gasteiger partial charge in [-0.15, -0.1) is 0 Å². The summed E-state index contributed by atoms with van der Waals surface area (Å²) in [6, 6.07) is 3.65. The van der Waals surface area contributed by atoms with E-state index in [1.54, 1.807) is 0 Å². The third-order valence-electron chi connectivity index (χ3n) is 1.60. The summed E-state index contributed by atoms with van der Waals surface area (Å²) in [5, 5.41) is 0. The number of carbonyl (C=O) groups is 1. The van der Waals surface area contributed by atoms with E-state index in [-0.39, 0.29) is 52.2 Å². The van der Waals surface area contributed by atoms with E-state index in [0.29, 0.717) is 0 Å². The predicted octanol–water partition coefficient (Wildman–Crippen LogP) is -2.56. The second kappa shape index (κ2) is 5.62. The Morgan fingerprint density at radius 2 is 2.00 bits per heavy atom. The second-order valence-electron chi connectivity index (χ2n) is 2.60. The summed E-state index contributed by atoms with van der Waals surface area (Å²) in [4.78, 5) is 9.66. The van der Waals surface area contributed by atoms with Gasteiger partial charge in [-0.1, -0.05) is 0 Å². The van der Waals surface area contributed by atoms with Gasteiger partial charge in [-0.3, -0.25) is 4.79 Å². The smallest absolute Gasteiger partial charge is 0.744 e. The maximum Gasteiger partial charge on any atom is 1.00 e. The molecule has 76 valence electrons. The standard InChI is InChI=1S/C8H8O5S.Na/c1-6-4-7(13-5-9)2-3-8(6)14(10,11)12;/h2-5H,1H3,(H,10,11,12);/q;+1/p-1. The maximum atomic E-state index is 10.7. The first-order valence-corrected chi connectivity index (χ1v) is 5.03. The van der Waals surface area contributed by atoms with E-state index in [4.69, 9.17) is 0 Å². The minimum absolute atomic E-state index is 0. The van der Waals surface area contributed by atoms with Gasteiger partial charge in [0.15, 0.2) is 0 Å². The number of aryl methyl sites for hydroxylation is 1. The molecule has 0 spiro atoms. The van der Waals surface area contributed by atoms with Crippen LogP contribution in [0.2, 0.25) is 0 Å². The number of carbonyl (C=O) groups excluding carboxylic acids is 1. The Kier molecular flexibility index (Phi) is 5.47. The molecule has 0 N–H and O–H groups in total. The molecule has 7 heteroatoms. The Morgan fingerprint density at radius 3 is 2.40 bits per heavy atom. The summed E-state index contributed by atoms with van der Waals surface area (Å²) in [5.41, 5.74) is 0.249. The summed E-state index contributed by atoms with van der Waals surface area (Å²) in [5.74, 6) is 0.199. The summed E-state index contributed by atoms with van der Waals surface area (Å²) >= 11 is 0. The van der Waals surface area contributed by atoms with Crippen LogP contribution in [0.25, 0.3) is 0 Å². The maximum absolute atomic E-state index is 10.7. The monoisotopic (exact) mass is 238 g/mol. The molecule has 0 unspecified atom stereocenters. The summed E-state index contributed by atoms with van der Waals surface area (Å²) < 4.78 is 36.4. The van der Waals surface area contributed by atoms with Crippen molar-refractivity contribution in [2.24, 2.45) is 0 Å². The van der Waals surface area contributed by atoms with Crippen LogP contribution in [-0.2, 0) is 14.9 Å². The van der Waals surface area contributed by atoms with Crippen LogP contribution in [0, 0.1) is 6.92 Å². The summed E-state index contributed by atoms with van der Waals surface area (Å²) in [7, 11) is -4.46. The van der Waals surface area contributed by atoms with Crippen molar-refractivity contribution in [2.45, 2.75) is 11.8 Å². The van der Waals surface area contributed by atoms with Crippen LogP contribution in [0.5, 0.6) is 5.75 Å². The van der Waals surface area contributed by atoms with E-state index < -0.39 is 10.1 Å². The molecule has 5 nitrogen and oxygen atoms in total. The molecule has 0 bridgehead atoms. The normalized spacial score (nSPS) is 10.3. The van der Waals surface area contributed by atoms with Crippen LogP contribution in [0.15, 0.2) is 23.1 Å². The Balaban J connectivity index is 0.00000196. The number of hydrogen-bond acceptors (Lipinski definition) is 5. The number of ether oxygens (including phenoxy) is 1. The molecule has 0 aliphatic heterocycles. The van der Waals surface area contributed by atoms with Crippen molar-refractivity contribution < 1.29 is 52.1 Å². The molecule has 0 heterocycles. The molecule has 0 aliphatic rings. The van der Waals surface area contributed by atoms with Crippen molar-refractivity contribution in [1.29, 1.82) is 0 Å². The van der Waals surface area contributed by atoms with Crippen molar-refractivity contribution in [1.82, 2.24) is 0 Å². The molecular weight excluding hydrogens is 231 g/mol. The molecule has 0 atom stereocenters. The Labute approximate surface area is 109 Å². The van der Waals surface area contributed by atoms with Gasteiger partial charge in [-0.2, -0.15) is 0 Å². The molecule has 0 aliphatic carbocycles. The summed E-state index contributed by atoms with van der Waals surface area (Å²) in [6.45, 7) is 1.67. The van der Waals surface area contributed by atoms with Crippen molar-refractivity contribution in [3.63, 3.8) is 0 Å². The van der Waals surface area contributed by atoms with Crippen molar-refractivity contribution in [2.75, 3.05) is 0 Å². The van der Waals surface area contributed by atoms with Gasteiger partial charge in [0, 0.05) is 0 Å². The van der Waals surface area contributed by atoms with E-state index in [9.17, 15) is 17.8 Å². The predicted molar refractivity (Wildman–Crippen MR) is 45.8 cm³/mol. The summed E-state index contributed by atoms with van der Waals surface area (Å²) in [6.07, 6.45) is 0. The van der Waals surface area contributed by atoms with Gasteiger partial charge in [0.05, 0.1) is 4.90 Å². The Bertz CT molecular complexity index is 454. The van der Waals surface area contributed by atoms with Crippen molar-refractivity contribution in [3.05, 3.63) is 23.8 Å². The molecule has 1 rings (SSSR count). The van der Waals surface area contributed by atoms with E-state index in [1.165, 1.54) is 19.1 Å². The number of benzene rings is 1. The second-order valence-corrected chi connectivity index (χ2v) is 3.94. The molecule has 0 fully saturated rings. The van der Waals surface area contributed by atoms with E-state index in [0.717, 1.165) is 6.07 Å². The fraction of sp³-hybridized carbons (Fsp3) is 0.125. The van der Waals surface area contributed by atoms with E-state index >= 15 is 0 Å². The van der Waals surface area contributed by atoms with Crippen LogP contribution in [0.1, 0.15) is 5.56 Å². The molecule has 0 saturated heterocycles. The molecule has 0 amide bonds. The molecule has 0 aromatic heterocycles. The quantitative estimate of drug-likeness (QED) is 0.328. The first-order chi connectivity index (χ1) is 6.45. The SMILES string of the molecule is Cc1cc(OC=O)ccc1S(=O)(=O)[O-].[Na+]. The molecule has 1 aromatic rings. The minimum Gasteiger partial charge on any atom is -0.744 e. The fourth-order valence-corrected chi connectivity index (χ4v) is 1.72. The first kappa shape index (κ1) is 14.6. The zero-order valence-corrected chi connectivity index (χ0v) is 11.1. The van der Waals surface area contributed by atoms with Gasteiger partial charge >= 0.3 is 29.6 Å². The van der Waals surface area contributed by atoms with Gasteiger partial charge in [0.25, 0.3) is 6.47 Å². The third-order valence-corrected chi connectivity index (χ3v) is 2.60. The largest absolute Gasteiger partial charge is 1.00 e. The fourth-order valence-electron chi connectivity index (χ4n) is 1.03. The van der Waals surface area contributed by atoms with Crippen molar-refractivity contribution in [3.8, 4) is 5.75 Å². The number of rotatable bonds is 3. The molecule has 1 aromatic carbocycles. The molecule has 0 radical (unpaired) electrons. The van der Waals surface area contributed by atoms with Gasteiger partial charge in [-0.25, -0.2) is 8.42 Å². The zero-order chi connectivity index (χ0) is 10.8. The third kappa shape index (κ3) is 3.92. The topological polar surface area (TPSA) is 83.5 Å². The van der Waals surface area contributed by atoms with Crippen LogP contribution >= 0.6 is 0 Å². The molecule has 0 saturated carbocycles.